The second-order valence-electron chi connectivity index (χ2n) is 4.68. The molecule has 0 aliphatic heterocycles. The first kappa shape index (κ1) is 18.2. The number of rotatable bonds is 8. The molecule has 6 nitrogen and oxygen atoms in total. The first-order chi connectivity index (χ1) is 11.6. The number of aromatic nitrogens is 2. The Morgan fingerprint density at radius 2 is 2.33 bits per heavy atom. The number of thioether (sulfide) groups is 1. The smallest absolute Gasteiger partial charge is 0.233 e. The lowest BCUT2D eigenvalue weighted by molar-refractivity contribution is -0.128. The zero-order chi connectivity index (χ0) is 17.4. The lowest BCUT2D eigenvalue weighted by Gasteiger charge is -2.18. The zero-order valence-electron chi connectivity index (χ0n) is 13.0. The van der Waals surface area contributed by atoms with E-state index in [1.54, 1.807) is 17.0 Å². The minimum Gasteiger partial charge on any atom is -0.341 e. The summed E-state index contributed by atoms with van der Waals surface area (Å²) in [6.45, 7) is 2.89. The number of benzene rings is 1. The molecule has 1 aromatic carbocycles. The molecule has 0 bridgehead atoms. The van der Waals surface area contributed by atoms with Gasteiger partial charge in [-0.1, -0.05) is 29.2 Å². The van der Waals surface area contributed by atoms with Crippen molar-refractivity contribution in [1.29, 1.82) is 5.26 Å². The number of nitriles is 1. The van der Waals surface area contributed by atoms with Crippen molar-refractivity contribution in [2.75, 3.05) is 24.2 Å². The van der Waals surface area contributed by atoms with E-state index < -0.39 is 0 Å². The van der Waals surface area contributed by atoms with Crippen LogP contribution in [0.1, 0.15) is 13.3 Å². The lowest BCUT2D eigenvalue weighted by atomic mass is 10.3. The molecule has 0 aliphatic rings. The number of halogens is 1. The molecule has 2 rings (SSSR count). The Bertz CT molecular complexity index is 731. The molecule has 0 saturated carbocycles. The molecule has 24 heavy (non-hydrogen) atoms. The number of amides is 1. The number of carbonyl (C=O) groups excluding carboxylic acids is 1. The predicted octanol–water partition coefficient (Wildman–Crippen LogP) is 3.28. The monoisotopic (exact) mass is 365 g/mol. The molecular formula is C15H16FN5OS2. The highest BCUT2D eigenvalue weighted by atomic mass is 32.2. The fraction of sp³-hybridized carbons (Fsp3) is 0.333. The average molecular weight is 365 g/mol. The first-order valence-corrected chi connectivity index (χ1v) is 9.06. The average Bonchev–Trinajstić information content (AvgIpc) is 3.01. The third kappa shape index (κ3) is 5.47. The predicted molar refractivity (Wildman–Crippen MR) is 92.8 cm³/mol. The van der Waals surface area contributed by atoms with Gasteiger partial charge in [0.2, 0.25) is 11.0 Å². The number of carbonyl (C=O) groups is 1. The van der Waals surface area contributed by atoms with E-state index in [9.17, 15) is 9.18 Å². The summed E-state index contributed by atoms with van der Waals surface area (Å²) in [5.74, 6) is -0.122. The minimum absolute atomic E-state index is 0.0346. The summed E-state index contributed by atoms with van der Waals surface area (Å²) in [6.07, 6.45) is 0.324. The van der Waals surface area contributed by atoms with Crippen molar-refractivity contribution in [3.8, 4) is 6.07 Å². The van der Waals surface area contributed by atoms with Crippen LogP contribution in [0.5, 0.6) is 0 Å². The van der Waals surface area contributed by atoms with Crippen LogP contribution in [0.3, 0.4) is 0 Å². The maximum Gasteiger partial charge on any atom is 0.233 e. The van der Waals surface area contributed by atoms with Crippen molar-refractivity contribution in [2.24, 2.45) is 0 Å². The fourth-order valence-electron chi connectivity index (χ4n) is 1.87. The second kappa shape index (κ2) is 9.20. The Hall–Kier alpha value is -2.18. The number of hydrogen-bond donors (Lipinski definition) is 1. The Morgan fingerprint density at radius 1 is 1.50 bits per heavy atom. The topological polar surface area (TPSA) is 81.9 Å². The van der Waals surface area contributed by atoms with Crippen molar-refractivity contribution in [3.05, 3.63) is 30.1 Å². The third-order valence-electron chi connectivity index (χ3n) is 3.03. The molecular weight excluding hydrogens is 349 g/mol. The molecule has 126 valence electrons. The lowest BCUT2D eigenvalue weighted by Crippen LogP contribution is -2.32. The van der Waals surface area contributed by atoms with Gasteiger partial charge in [-0.2, -0.15) is 5.26 Å². The molecule has 0 aliphatic carbocycles. The fourth-order valence-corrected chi connectivity index (χ4v) is 3.54. The van der Waals surface area contributed by atoms with Gasteiger partial charge in [-0.25, -0.2) is 4.39 Å². The van der Waals surface area contributed by atoms with E-state index >= 15 is 0 Å². The number of hydrogen-bond acceptors (Lipinski definition) is 7. The van der Waals surface area contributed by atoms with Gasteiger partial charge in [-0.3, -0.25) is 4.79 Å². The van der Waals surface area contributed by atoms with Crippen LogP contribution in [-0.2, 0) is 4.79 Å². The molecule has 1 heterocycles. The normalized spacial score (nSPS) is 10.2. The van der Waals surface area contributed by atoms with Gasteiger partial charge >= 0.3 is 0 Å². The minimum atomic E-state index is -0.332. The van der Waals surface area contributed by atoms with Gasteiger partial charge < -0.3 is 10.2 Å². The molecule has 0 spiro atoms. The quantitative estimate of drug-likeness (QED) is 0.723. The molecule has 2 aromatic rings. The van der Waals surface area contributed by atoms with E-state index in [-0.39, 0.29) is 17.5 Å². The molecule has 0 saturated heterocycles. The highest BCUT2D eigenvalue weighted by Crippen LogP contribution is 2.28. The molecule has 1 aromatic heterocycles. The van der Waals surface area contributed by atoms with Crippen molar-refractivity contribution < 1.29 is 9.18 Å². The van der Waals surface area contributed by atoms with E-state index in [0.717, 1.165) is 0 Å². The van der Waals surface area contributed by atoms with Gasteiger partial charge in [0.15, 0.2) is 4.34 Å². The number of nitrogens with zero attached hydrogens (tertiary/aromatic N) is 4. The van der Waals surface area contributed by atoms with Gasteiger partial charge in [0.25, 0.3) is 0 Å². The van der Waals surface area contributed by atoms with Crippen molar-refractivity contribution in [1.82, 2.24) is 15.1 Å². The highest BCUT2D eigenvalue weighted by molar-refractivity contribution is 8.01. The van der Waals surface area contributed by atoms with Crippen LogP contribution in [0, 0.1) is 17.1 Å². The van der Waals surface area contributed by atoms with Crippen LogP contribution in [0.25, 0.3) is 0 Å². The van der Waals surface area contributed by atoms with Crippen LogP contribution < -0.4 is 5.32 Å². The van der Waals surface area contributed by atoms with Crippen molar-refractivity contribution >= 4 is 39.8 Å². The van der Waals surface area contributed by atoms with E-state index in [1.807, 2.05) is 13.0 Å². The maximum absolute atomic E-state index is 13.1. The Kier molecular flexibility index (Phi) is 6.96. The summed E-state index contributed by atoms with van der Waals surface area (Å²) in [5.41, 5.74) is 0.590. The molecule has 9 heteroatoms. The summed E-state index contributed by atoms with van der Waals surface area (Å²) < 4.78 is 13.8. The van der Waals surface area contributed by atoms with Gasteiger partial charge in [0, 0.05) is 18.8 Å². The SMILES string of the molecule is CCN(CCC#N)C(=O)CSc1nnc(Nc2cccc(F)c2)s1. The summed E-state index contributed by atoms with van der Waals surface area (Å²) >= 11 is 2.59. The zero-order valence-corrected chi connectivity index (χ0v) is 14.7. The van der Waals surface area contributed by atoms with E-state index in [0.29, 0.717) is 34.7 Å². The number of anilines is 2. The number of nitrogens with one attached hydrogen (secondary N) is 1. The van der Waals surface area contributed by atoms with Crippen molar-refractivity contribution in [2.45, 2.75) is 17.7 Å². The first-order valence-electron chi connectivity index (χ1n) is 7.26. The highest BCUT2D eigenvalue weighted by Gasteiger charge is 2.13. The standard InChI is InChI=1S/C15H16FN5OS2/c1-2-21(8-4-7-17)13(22)10-23-15-20-19-14(24-15)18-12-6-3-5-11(16)9-12/h3,5-6,9H,2,4,8,10H2,1H3,(H,18,19). The second-order valence-corrected chi connectivity index (χ2v) is 6.88. The summed E-state index contributed by atoms with van der Waals surface area (Å²) in [5, 5.41) is 20.1. The Balaban J connectivity index is 1.87. The summed E-state index contributed by atoms with van der Waals surface area (Å²) in [7, 11) is 0. The molecule has 0 unspecified atom stereocenters. The third-order valence-corrected chi connectivity index (χ3v) is 4.99. The molecule has 0 radical (unpaired) electrons. The van der Waals surface area contributed by atoms with E-state index in [2.05, 4.69) is 15.5 Å². The van der Waals surface area contributed by atoms with Crippen LogP contribution in [0.15, 0.2) is 28.6 Å². The van der Waals surface area contributed by atoms with Crippen LogP contribution in [-0.4, -0.2) is 39.8 Å². The molecule has 1 amide bonds. The Labute approximate surface area is 147 Å². The van der Waals surface area contributed by atoms with Gasteiger partial charge in [0.1, 0.15) is 5.82 Å². The van der Waals surface area contributed by atoms with Crippen LogP contribution in [0.2, 0.25) is 0 Å². The Morgan fingerprint density at radius 3 is 3.04 bits per heavy atom. The molecule has 0 atom stereocenters. The van der Waals surface area contributed by atoms with Crippen molar-refractivity contribution in [3.63, 3.8) is 0 Å². The summed E-state index contributed by atoms with van der Waals surface area (Å²) in [4.78, 5) is 13.7. The van der Waals surface area contributed by atoms with Gasteiger partial charge in [-0.15, -0.1) is 10.2 Å². The van der Waals surface area contributed by atoms with E-state index in [1.165, 1.54) is 35.2 Å². The van der Waals surface area contributed by atoms with Crippen LogP contribution >= 0.6 is 23.1 Å². The maximum atomic E-state index is 13.1. The van der Waals surface area contributed by atoms with E-state index in [4.69, 9.17) is 5.26 Å². The van der Waals surface area contributed by atoms with Gasteiger partial charge in [0.05, 0.1) is 18.2 Å². The molecule has 0 fully saturated rings. The largest absolute Gasteiger partial charge is 0.341 e. The molecule has 1 N–H and O–H groups in total. The summed E-state index contributed by atoms with van der Waals surface area (Å²) in [6, 6.07) is 8.10. The van der Waals surface area contributed by atoms with Crippen LogP contribution in [0.4, 0.5) is 15.2 Å². The van der Waals surface area contributed by atoms with Gasteiger partial charge in [-0.05, 0) is 25.1 Å².